The molecule has 0 N–H and O–H groups in total. The molecule has 0 aliphatic carbocycles. The van der Waals surface area contributed by atoms with Gasteiger partial charge in [0.2, 0.25) is 5.91 Å². The largest absolute Gasteiger partial charge is 0.310 e. The van der Waals surface area contributed by atoms with Crippen molar-refractivity contribution in [3.05, 3.63) is 29.6 Å². The van der Waals surface area contributed by atoms with E-state index in [0.29, 0.717) is 18.7 Å². The molecule has 2 rings (SSSR count). The van der Waals surface area contributed by atoms with Crippen molar-refractivity contribution in [2.24, 2.45) is 0 Å². The molecule has 5 heteroatoms. The van der Waals surface area contributed by atoms with Crippen LogP contribution in [-0.2, 0) is 4.79 Å². The van der Waals surface area contributed by atoms with Crippen LogP contribution < -0.4 is 4.90 Å². The van der Waals surface area contributed by atoms with Gasteiger partial charge in [0, 0.05) is 18.2 Å². The Kier molecular flexibility index (Phi) is 2.84. The number of halogens is 1. The molecule has 1 fully saturated rings. The quantitative estimate of drug-likeness (QED) is 0.755. The highest BCUT2D eigenvalue weighted by Crippen LogP contribution is 2.27. The van der Waals surface area contributed by atoms with Gasteiger partial charge in [0.25, 0.3) is 0 Å². The number of carbonyl (C=O) groups excluding carboxylic acids is 1. The van der Waals surface area contributed by atoms with Crippen molar-refractivity contribution >= 4 is 24.2 Å². The van der Waals surface area contributed by atoms with Gasteiger partial charge in [-0.3, -0.25) is 4.79 Å². The molecule has 1 aromatic rings. The van der Waals surface area contributed by atoms with Gasteiger partial charge >= 0.3 is 0 Å². The molecular formula is C11H9FN2OS. The zero-order valence-electron chi connectivity index (χ0n) is 8.35. The fourth-order valence-corrected chi connectivity index (χ4v) is 2.07. The molecule has 0 saturated carbocycles. The molecule has 0 aromatic heterocycles. The van der Waals surface area contributed by atoms with Crippen LogP contribution in [0.4, 0.5) is 10.1 Å². The molecule has 1 saturated heterocycles. The summed E-state index contributed by atoms with van der Waals surface area (Å²) in [4.78, 5) is 13.1. The molecule has 1 heterocycles. The standard InChI is InChI=1S/C11H9FN2OS/c12-8-1-2-10(7(3-8)5-13)14-6-9(16)4-11(14)15/h1-3,9,16H,4,6H2. The SMILES string of the molecule is N#Cc1cc(F)ccc1N1CC(S)CC1=O. The lowest BCUT2D eigenvalue weighted by molar-refractivity contribution is -0.117. The number of amides is 1. The van der Waals surface area contributed by atoms with E-state index in [2.05, 4.69) is 12.6 Å². The van der Waals surface area contributed by atoms with Crippen molar-refractivity contribution in [1.82, 2.24) is 0 Å². The Bertz CT molecular complexity index is 483. The van der Waals surface area contributed by atoms with E-state index >= 15 is 0 Å². The minimum atomic E-state index is -0.477. The summed E-state index contributed by atoms with van der Waals surface area (Å²) in [7, 11) is 0. The molecular weight excluding hydrogens is 227 g/mol. The molecule has 1 aliphatic rings. The summed E-state index contributed by atoms with van der Waals surface area (Å²) >= 11 is 4.23. The molecule has 3 nitrogen and oxygen atoms in total. The maximum atomic E-state index is 12.9. The van der Waals surface area contributed by atoms with E-state index in [4.69, 9.17) is 5.26 Å². The van der Waals surface area contributed by atoms with Crippen molar-refractivity contribution in [2.75, 3.05) is 11.4 Å². The van der Waals surface area contributed by atoms with Gasteiger partial charge in [-0.1, -0.05) is 0 Å². The van der Waals surface area contributed by atoms with Crippen LogP contribution in [0.25, 0.3) is 0 Å². The number of rotatable bonds is 1. The highest BCUT2D eigenvalue weighted by atomic mass is 32.1. The summed E-state index contributed by atoms with van der Waals surface area (Å²) in [6.45, 7) is 0.461. The predicted octanol–water partition coefficient (Wildman–Crippen LogP) is 1.73. The first-order valence-electron chi connectivity index (χ1n) is 4.80. The number of nitriles is 1. The Labute approximate surface area is 97.9 Å². The van der Waals surface area contributed by atoms with Crippen LogP contribution in [0, 0.1) is 17.1 Å². The second kappa shape index (κ2) is 4.14. The summed E-state index contributed by atoms with van der Waals surface area (Å²) < 4.78 is 12.9. The molecule has 0 bridgehead atoms. The van der Waals surface area contributed by atoms with Gasteiger partial charge < -0.3 is 4.90 Å². The lowest BCUT2D eigenvalue weighted by atomic mass is 10.1. The Hall–Kier alpha value is -1.54. The predicted molar refractivity (Wildman–Crippen MR) is 60.9 cm³/mol. The topological polar surface area (TPSA) is 44.1 Å². The second-order valence-corrected chi connectivity index (χ2v) is 4.37. The smallest absolute Gasteiger partial charge is 0.228 e. The molecule has 16 heavy (non-hydrogen) atoms. The summed E-state index contributed by atoms with van der Waals surface area (Å²) in [5, 5.41) is 8.86. The van der Waals surface area contributed by atoms with E-state index in [1.165, 1.54) is 17.0 Å². The maximum Gasteiger partial charge on any atom is 0.228 e. The van der Waals surface area contributed by atoms with Crippen molar-refractivity contribution in [3.63, 3.8) is 0 Å². The average molecular weight is 236 g/mol. The summed E-state index contributed by atoms with van der Waals surface area (Å²) in [6.07, 6.45) is 0.353. The van der Waals surface area contributed by atoms with Crippen molar-refractivity contribution < 1.29 is 9.18 Å². The Balaban J connectivity index is 2.41. The molecule has 1 amide bonds. The van der Waals surface area contributed by atoms with E-state index in [0.717, 1.165) is 6.07 Å². The van der Waals surface area contributed by atoms with E-state index in [9.17, 15) is 9.18 Å². The number of carbonyl (C=O) groups is 1. The number of nitrogens with zero attached hydrogens (tertiary/aromatic N) is 2. The van der Waals surface area contributed by atoms with E-state index < -0.39 is 5.82 Å². The van der Waals surface area contributed by atoms with Crippen molar-refractivity contribution in [2.45, 2.75) is 11.7 Å². The third kappa shape index (κ3) is 1.89. The molecule has 0 radical (unpaired) electrons. The van der Waals surface area contributed by atoms with Crippen molar-refractivity contribution in [3.8, 4) is 6.07 Å². The number of thiol groups is 1. The zero-order chi connectivity index (χ0) is 11.7. The average Bonchev–Trinajstić information content (AvgIpc) is 2.57. The zero-order valence-corrected chi connectivity index (χ0v) is 9.25. The number of hydrogen-bond acceptors (Lipinski definition) is 3. The third-order valence-corrected chi connectivity index (χ3v) is 2.82. The molecule has 1 aliphatic heterocycles. The van der Waals surface area contributed by atoms with Gasteiger partial charge in [-0.25, -0.2) is 4.39 Å². The van der Waals surface area contributed by atoms with E-state index in [1.807, 2.05) is 6.07 Å². The van der Waals surface area contributed by atoms with Crippen LogP contribution in [0.15, 0.2) is 18.2 Å². The minimum Gasteiger partial charge on any atom is -0.310 e. The summed E-state index contributed by atoms with van der Waals surface area (Å²) in [5.74, 6) is -0.558. The fraction of sp³-hybridized carbons (Fsp3) is 0.273. The van der Waals surface area contributed by atoms with Crippen molar-refractivity contribution in [1.29, 1.82) is 5.26 Å². The van der Waals surface area contributed by atoms with Gasteiger partial charge in [0.15, 0.2) is 0 Å². The van der Waals surface area contributed by atoms with E-state index in [-0.39, 0.29) is 16.7 Å². The number of hydrogen-bond donors (Lipinski definition) is 1. The summed E-state index contributed by atoms with van der Waals surface area (Å²) in [6, 6.07) is 5.72. The maximum absolute atomic E-state index is 12.9. The first kappa shape index (κ1) is 11.0. The van der Waals surface area contributed by atoms with Crippen LogP contribution in [0.5, 0.6) is 0 Å². The van der Waals surface area contributed by atoms with Gasteiger partial charge in [0.05, 0.1) is 11.3 Å². The van der Waals surface area contributed by atoms with E-state index in [1.54, 1.807) is 0 Å². The second-order valence-electron chi connectivity index (χ2n) is 3.64. The lowest BCUT2D eigenvalue weighted by Crippen LogP contribution is -2.25. The molecule has 1 atom stereocenters. The number of anilines is 1. The van der Waals surface area contributed by atoms with Gasteiger partial charge in [-0.05, 0) is 18.2 Å². The normalized spacial score (nSPS) is 19.9. The first-order chi connectivity index (χ1) is 7.61. The Morgan fingerprint density at radius 1 is 1.56 bits per heavy atom. The highest BCUT2D eigenvalue weighted by Gasteiger charge is 2.29. The highest BCUT2D eigenvalue weighted by molar-refractivity contribution is 7.81. The third-order valence-electron chi connectivity index (χ3n) is 2.47. The Morgan fingerprint density at radius 2 is 2.31 bits per heavy atom. The van der Waals surface area contributed by atoms with Gasteiger partial charge in [-0.2, -0.15) is 17.9 Å². The lowest BCUT2D eigenvalue weighted by Gasteiger charge is -2.17. The van der Waals surface area contributed by atoms with Crippen LogP contribution in [0.2, 0.25) is 0 Å². The van der Waals surface area contributed by atoms with Gasteiger partial charge in [-0.15, -0.1) is 0 Å². The molecule has 1 aromatic carbocycles. The van der Waals surface area contributed by atoms with Gasteiger partial charge in [0.1, 0.15) is 11.9 Å². The summed E-state index contributed by atoms with van der Waals surface area (Å²) in [5.41, 5.74) is 0.640. The van der Waals surface area contributed by atoms with Crippen LogP contribution >= 0.6 is 12.6 Å². The molecule has 1 unspecified atom stereocenters. The monoisotopic (exact) mass is 236 g/mol. The molecule has 0 spiro atoms. The Morgan fingerprint density at radius 3 is 2.88 bits per heavy atom. The first-order valence-corrected chi connectivity index (χ1v) is 5.31. The minimum absolute atomic E-state index is 0.0240. The number of benzene rings is 1. The fourth-order valence-electron chi connectivity index (χ4n) is 1.75. The van der Waals surface area contributed by atoms with Crippen LogP contribution in [0.1, 0.15) is 12.0 Å². The van der Waals surface area contributed by atoms with Crippen LogP contribution in [0.3, 0.4) is 0 Å². The van der Waals surface area contributed by atoms with Crippen LogP contribution in [-0.4, -0.2) is 17.7 Å². The molecule has 82 valence electrons.